The van der Waals surface area contributed by atoms with E-state index in [9.17, 15) is 4.79 Å². The molecule has 5 nitrogen and oxygen atoms in total. The summed E-state index contributed by atoms with van der Waals surface area (Å²) < 4.78 is 0. The van der Waals surface area contributed by atoms with Gasteiger partial charge < -0.3 is 10.4 Å². The molecule has 2 aromatic rings. The minimum absolute atomic E-state index is 0.103. The van der Waals surface area contributed by atoms with Crippen molar-refractivity contribution >= 4 is 28.0 Å². The molecule has 1 fully saturated rings. The van der Waals surface area contributed by atoms with E-state index < -0.39 is 5.97 Å². The molecule has 3 rings (SSSR count). The van der Waals surface area contributed by atoms with Crippen LogP contribution in [0.5, 0.6) is 0 Å². The number of thiazole rings is 1. The third kappa shape index (κ3) is 2.19. The largest absolute Gasteiger partial charge is 0.476 e. The first-order chi connectivity index (χ1) is 8.74. The van der Waals surface area contributed by atoms with Crippen LogP contribution in [0.25, 0.3) is 0 Å². The van der Waals surface area contributed by atoms with Crippen LogP contribution in [0.3, 0.4) is 0 Å². The number of rotatable bonds is 4. The number of carbonyl (C=O) groups is 1. The number of anilines is 2. The lowest BCUT2D eigenvalue weighted by Gasteiger charge is -2.02. The molecule has 6 heteroatoms. The fraction of sp³-hybridized carbons (Fsp3) is 0.250. The Morgan fingerprint density at radius 2 is 2.33 bits per heavy atom. The number of carboxylic acids is 1. The summed E-state index contributed by atoms with van der Waals surface area (Å²) in [5, 5.41) is 13.7. The van der Waals surface area contributed by atoms with Crippen LogP contribution in [-0.4, -0.2) is 21.0 Å². The van der Waals surface area contributed by atoms with Gasteiger partial charge in [0.15, 0.2) is 5.69 Å². The van der Waals surface area contributed by atoms with E-state index in [-0.39, 0.29) is 5.69 Å². The molecule has 18 heavy (non-hydrogen) atoms. The minimum atomic E-state index is -0.996. The van der Waals surface area contributed by atoms with Crippen molar-refractivity contribution in [2.24, 2.45) is 0 Å². The standard InChI is InChI=1S/C12H11N3O2S/c16-12(17)9-11(14-8-2-1-5-13-6-8)18-10(15-9)7-3-4-7/h1-2,5-7,14H,3-4H2,(H,16,17). The zero-order valence-corrected chi connectivity index (χ0v) is 10.3. The molecule has 0 spiro atoms. The van der Waals surface area contributed by atoms with Gasteiger partial charge in [-0.15, -0.1) is 11.3 Å². The molecule has 2 N–H and O–H groups in total. The van der Waals surface area contributed by atoms with E-state index in [1.165, 1.54) is 11.3 Å². The Morgan fingerprint density at radius 1 is 1.50 bits per heavy atom. The molecule has 0 amide bonds. The highest BCUT2D eigenvalue weighted by Crippen LogP contribution is 2.44. The summed E-state index contributed by atoms with van der Waals surface area (Å²) in [4.78, 5) is 19.3. The fourth-order valence-electron chi connectivity index (χ4n) is 1.64. The zero-order valence-electron chi connectivity index (χ0n) is 9.46. The van der Waals surface area contributed by atoms with Gasteiger partial charge in [-0.2, -0.15) is 0 Å². The summed E-state index contributed by atoms with van der Waals surface area (Å²) in [5.41, 5.74) is 0.872. The first-order valence-electron chi connectivity index (χ1n) is 5.65. The number of aromatic carboxylic acids is 1. The lowest BCUT2D eigenvalue weighted by Crippen LogP contribution is -2.01. The van der Waals surface area contributed by atoms with E-state index in [4.69, 9.17) is 5.11 Å². The summed E-state index contributed by atoms with van der Waals surface area (Å²) in [5.74, 6) is -0.540. The van der Waals surface area contributed by atoms with Crippen molar-refractivity contribution < 1.29 is 9.90 Å². The Labute approximate surface area is 108 Å². The number of hydrogen-bond donors (Lipinski definition) is 2. The van der Waals surface area contributed by atoms with Crippen LogP contribution in [0.2, 0.25) is 0 Å². The van der Waals surface area contributed by atoms with E-state index >= 15 is 0 Å². The summed E-state index contributed by atoms with van der Waals surface area (Å²) in [7, 11) is 0. The normalized spacial score (nSPS) is 14.4. The molecule has 92 valence electrons. The SMILES string of the molecule is O=C(O)c1nc(C2CC2)sc1Nc1cccnc1. The molecule has 1 saturated carbocycles. The monoisotopic (exact) mass is 261 g/mol. The predicted octanol–water partition coefficient (Wildman–Crippen LogP) is 2.86. The van der Waals surface area contributed by atoms with Crippen LogP contribution in [0.15, 0.2) is 24.5 Å². The average molecular weight is 261 g/mol. The summed E-state index contributed by atoms with van der Waals surface area (Å²) in [6.45, 7) is 0. The third-order valence-corrected chi connectivity index (χ3v) is 3.83. The van der Waals surface area contributed by atoms with Gasteiger partial charge in [0, 0.05) is 12.1 Å². The second-order valence-electron chi connectivity index (χ2n) is 4.18. The second-order valence-corrected chi connectivity index (χ2v) is 5.21. The highest BCUT2D eigenvalue weighted by atomic mass is 32.1. The number of pyridine rings is 1. The molecule has 1 aliphatic rings. The van der Waals surface area contributed by atoms with Crippen LogP contribution >= 0.6 is 11.3 Å². The zero-order chi connectivity index (χ0) is 12.5. The Balaban J connectivity index is 1.92. The summed E-state index contributed by atoms with van der Waals surface area (Å²) >= 11 is 1.42. The van der Waals surface area contributed by atoms with Crippen LogP contribution in [0, 0.1) is 0 Å². The Bertz CT molecular complexity index is 578. The third-order valence-electron chi connectivity index (χ3n) is 2.69. The van der Waals surface area contributed by atoms with Gasteiger partial charge in [-0.1, -0.05) is 0 Å². The summed E-state index contributed by atoms with van der Waals surface area (Å²) in [6.07, 6.45) is 5.55. The molecule has 0 bridgehead atoms. The van der Waals surface area contributed by atoms with E-state index in [0.717, 1.165) is 23.5 Å². The first-order valence-corrected chi connectivity index (χ1v) is 6.47. The molecule has 0 saturated heterocycles. The van der Waals surface area contributed by atoms with Gasteiger partial charge in [0.25, 0.3) is 0 Å². The quantitative estimate of drug-likeness (QED) is 0.885. The molecular weight excluding hydrogens is 250 g/mol. The van der Waals surface area contributed by atoms with Crippen molar-refractivity contribution in [2.75, 3.05) is 5.32 Å². The lowest BCUT2D eigenvalue weighted by atomic mass is 10.4. The molecule has 2 heterocycles. The van der Waals surface area contributed by atoms with Gasteiger partial charge >= 0.3 is 5.97 Å². The maximum atomic E-state index is 11.2. The number of carboxylic acid groups (broad SMARTS) is 1. The van der Waals surface area contributed by atoms with E-state index in [2.05, 4.69) is 15.3 Å². The number of aromatic nitrogens is 2. The number of nitrogens with zero attached hydrogens (tertiary/aromatic N) is 2. The Kier molecular flexibility index (Phi) is 2.71. The van der Waals surface area contributed by atoms with Crippen molar-refractivity contribution in [3.8, 4) is 0 Å². The molecule has 1 aliphatic carbocycles. The molecule has 0 aromatic carbocycles. The molecule has 0 radical (unpaired) electrons. The fourth-order valence-corrected chi connectivity index (χ4v) is 2.79. The van der Waals surface area contributed by atoms with Crippen molar-refractivity contribution in [3.05, 3.63) is 35.2 Å². The number of nitrogens with one attached hydrogen (secondary N) is 1. The van der Waals surface area contributed by atoms with Gasteiger partial charge in [-0.05, 0) is 25.0 Å². The van der Waals surface area contributed by atoms with E-state index in [1.54, 1.807) is 18.5 Å². The predicted molar refractivity (Wildman–Crippen MR) is 68.6 cm³/mol. The van der Waals surface area contributed by atoms with Crippen LogP contribution in [0.4, 0.5) is 10.7 Å². The van der Waals surface area contributed by atoms with Crippen LogP contribution in [-0.2, 0) is 0 Å². The van der Waals surface area contributed by atoms with Gasteiger partial charge in [-0.25, -0.2) is 9.78 Å². The summed E-state index contributed by atoms with van der Waals surface area (Å²) in [6, 6.07) is 3.64. The maximum absolute atomic E-state index is 11.2. The highest BCUT2D eigenvalue weighted by Gasteiger charge is 2.29. The first kappa shape index (κ1) is 11.2. The molecule has 0 atom stereocenters. The highest BCUT2D eigenvalue weighted by molar-refractivity contribution is 7.16. The molecule has 0 aliphatic heterocycles. The van der Waals surface area contributed by atoms with E-state index in [1.807, 2.05) is 6.07 Å². The minimum Gasteiger partial charge on any atom is -0.476 e. The smallest absolute Gasteiger partial charge is 0.357 e. The number of hydrogen-bond acceptors (Lipinski definition) is 5. The Hall–Kier alpha value is -1.95. The van der Waals surface area contributed by atoms with Gasteiger partial charge in [0.1, 0.15) is 5.00 Å². The van der Waals surface area contributed by atoms with Gasteiger partial charge in [0.2, 0.25) is 0 Å². The van der Waals surface area contributed by atoms with Crippen molar-refractivity contribution in [1.29, 1.82) is 0 Å². The average Bonchev–Trinajstić information content (AvgIpc) is 3.12. The van der Waals surface area contributed by atoms with Crippen LogP contribution in [0.1, 0.15) is 34.3 Å². The van der Waals surface area contributed by atoms with Crippen molar-refractivity contribution in [2.45, 2.75) is 18.8 Å². The Morgan fingerprint density at radius 3 is 2.94 bits per heavy atom. The molecule has 0 unspecified atom stereocenters. The van der Waals surface area contributed by atoms with Crippen LogP contribution < -0.4 is 5.32 Å². The lowest BCUT2D eigenvalue weighted by molar-refractivity contribution is 0.0692. The van der Waals surface area contributed by atoms with Crippen molar-refractivity contribution in [1.82, 2.24) is 9.97 Å². The maximum Gasteiger partial charge on any atom is 0.357 e. The molecule has 2 aromatic heterocycles. The van der Waals surface area contributed by atoms with Gasteiger partial charge in [0.05, 0.1) is 16.9 Å². The topological polar surface area (TPSA) is 75.1 Å². The van der Waals surface area contributed by atoms with E-state index in [0.29, 0.717) is 10.9 Å². The van der Waals surface area contributed by atoms with Gasteiger partial charge in [-0.3, -0.25) is 4.98 Å². The molecular formula is C12H11N3O2S. The van der Waals surface area contributed by atoms with Crippen molar-refractivity contribution in [3.63, 3.8) is 0 Å². The second kappa shape index (κ2) is 4.38.